The molecule has 0 aliphatic rings. The molecule has 1 aromatic heterocycles. The zero-order valence-electron chi connectivity index (χ0n) is 13.9. The van der Waals surface area contributed by atoms with Crippen molar-refractivity contribution >= 4 is 28.7 Å². The van der Waals surface area contributed by atoms with Crippen molar-refractivity contribution in [3.8, 4) is 0 Å². The number of nitrogens with zero attached hydrogens (tertiary/aromatic N) is 1. The van der Waals surface area contributed by atoms with Gasteiger partial charge in [0.1, 0.15) is 11.7 Å². The molecule has 1 amide bonds. The first-order valence-electron chi connectivity index (χ1n) is 7.54. The Morgan fingerprint density at radius 3 is 2.60 bits per heavy atom. The van der Waals surface area contributed by atoms with E-state index in [1.54, 1.807) is 18.2 Å². The molecule has 7 heteroatoms. The molecule has 1 N–H and O–H groups in total. The minimum Gasteiger partial charge on any atom is -0.467 e. The third-order valence-corrected chi connectivity index (χ3v) is 3.45. The number of carbonyl (C=O) groups is 3. The van der Waals surface area contributed by atoms with Crippen LogP contribution in [0.5, 0.6) is 0 Å². The van der Waals surface area contributed by atoms with E-state index in [1.807, 2.05) is 18.2 Å². The fraction of sp³-hybridized carbons (Fsp3) is 0.222. The van der Waals surface area contributed by atoms with E-state index in [1.165, 1.54) is 26.4 Å². The van der Waals surface area contributed by atoms with E-state index in [0.29, 0.717) is 5.52 Å². The largest absolute Gasteiger partial charge is 0.467 e. The van der Waals surface area contributed by atoms with E-state index in [4.69, 9.17) is 0 Å². The summed E-state index contributed by atoms with van der Waals surface area (Å²) in [4.78, 5) is 39.6. The van der Waals surface area contributed by atoms with E-state index in [9.17, 15) is 14.4 Å². The van der Waals surface area contributed by atoms with Crippen LogP contribution < -0.4 is 5.32 Å². The topological polar surface area (TPSA) is 94.6 Å². The van der Waals surface area contributed by atoms with Crippen LogP contribution in [0.3, 0.4) is 0 Å². The lowest BCUT2D eigenvalue weighted by Gasteiger charge is -2.14. The van der Waals surface area contributed by atoms with Crippen molar-refractivity contribution in [1.82, 2.24) is 10.3 Å². The van der Waals surface area contributed by atoms with Crippen LogP contribution >= 0.6 is 0 Å². The number of ether oxygens (including phenoxy) is 2. The van der Waals surface area contributed by atoms with Crippen LogP contribution in [0.25, 0.3) is 10.9 Å². The summed E-state index contributed by atoms with van der Waals surface area (Å²) in [6, 6.07) is 9.81. The number of nitrogens with one attached hydrogen (secondary N) is 1. The summed E-state index contributed by atoms with van der Waals surface area (Å²) in [6.07, 6.45) is 2.69. The van der Waals surface area contributed by atoms with Crippen LogP contribution in [0, 0.1) is 0 Å². The normalized spacial score (nSPS) is 11.9. The maximum absolute atomic E-state index is 12.4. The number of aromatic nitrogens is 1. The lowest BCUT2D eigenvalue weighted by Crippen LogP contribution is -2.41. The number of carbonyl (C=O) groups excluding carboxylic acids is 3. The first-order chi connectivity index (χ1) is 12.0. The molecule has 0 radical (unpaired) electrons. The molecule has 0 saturated carbocycles. The summed E-state index contributed by atoms with van der Waals surface area (Å²) in [5.74, 6) is -1.68. The molecule has 0 saturated heterocycles. The second kappa shape index (κ2) is 8.58. The molecule has 1 heterocycles. The maximum atomic E-state index is 12.4. The van der Waals surface area contributed by atoms with Crippen LogP contribution in [0.15, 0.2) is 48.6 Å². The molecule has 130 valence electrons. The van der Waals surface area contributed by atoms with Gasteiger partial charge in [0.25, 0.3) is 5.91 Å². The molecular weight excluding hydrogens is 324 g/mol. The van der Waals surface area contributed by atoms with E-state index >= 15 is 0 Å². The number of para-hydroxylation sites is 1. The van der Waals surface area contributed by atoms with Crippen molar-refractivity contribution in [2.45, 2.75) is 12.5 Å². The highest BCUT2D eigenvalue weighted by atomic mass is 16.5. The second-order valence-electron chi connectivity index (χ2n) is 5.10. The molecule has 7 nitrogen and oxygen atoms in total. The van der Waals surface area contributed by atoms with Gasteiger partial charge < -0.3 is 14.8 Å². The second-order valence-corrected chi connectivity index (χ2v) is 5.10. The quantitative estimate of drug-likeness (QED) is 0.633. The van der Waals surface area contributed by atoms with Gasteiger partial charge in [-0.2, -0.15) is 0 Å². The zero-order valence-corrected chi connectivity index (χ0v) is 13.9. The SMILES string of the molecule is COC(=O)/C=C/C[C@@H](NC(=O)c1ccc2ccccc2n1)C(=O)OC. The molecular formula is C18H18N2O5. The zero-order chi connectivity index (χ0) is 18.2. The summed E-state index contributed by atoms with van der Waals surface area (Å²) in [5, 5.41) is 3.47. The van der Waals surface area contributed by atoms with Crippen LogP contribution in [0.2, 0.25) is 0 Å². The third-order valence-electron chi connectivity index (χ3n) is 3.45. The Bertz CT molecular complexity index is 816. The summed E-state index contributed by atoms with van der Waals surface area (Å²) in [7, 11) is 2.47. The van der Waals surface area contributed by atoms with E-state index in [0.717, 1.165) is 5.39 Å². The molecule has 1 atom stereocenters. The fourth-order valence-electron chi connectivity index (χ4n) is 2.15. The van der Waals surface area contributed by atoms with Gasteiger partial charge in [0.05, 0.1) is 19.7 Å². The average Bonchev–Trinajstić information content (AvgIpc) is 2.65. The van der Waals surface area contributed by atoms with Gasteiger partial charge in [-0.25, -0.2) is 14.6 Å². The highest BCUT2D eigenvalue weighted by Crippen LogP contribution is 2.12. The lowest BCUT2D eigenvalue weighted by atomic mass is 10.1. The first kappa shape index (κ1) is 18.1. The number of amides is 1. The molecule has 0 unspecified atom stereocenters. The molecule has 0 fully saturated rings. The average molecular weight is 342 g/mol. The number of methoxy groups -OCH3 is 2. The third kappa shape index (κ3) is 4.87. The number of hydrogen-bond acceptors (Lipinski definition) is 6. The predicted molar refractivity (Wildman–Crippen MR) is 90.8 cm³/mol. The van der Waals surface area contributed by atoms with Gasteiger partial charge in [0.15, 0.2) is 0 Å². The van der Waals surface area contributed by atoms with Crippen molar-refractivity contribution < 1.29 is 23.9 Å². The van der Waals surface area contributed by atoms with Gasteiger partial charge in [-0.1, -0.05) is 30.3 Å². The Kier molecular flexibility index (Phi) is 6.22. The Morgan fingerprint density at radius 1 is 1.12 bits per heavy atom. The number of rotatable bonds is 6. The van der Waals surface area contributed by atoms with Crippen LogP contribution in [-0.2, 0) is 19.1 Å². The standard InChI is InChI=1S/C18H18N2O5/c1-24-16(21)9-5-8-15(18(23)25-2)20-17(22)14-11-10-12-6-3-4-7-13(12)19-14/h3-7,9-11,15H,8H2,1-2H3,(H,20,22)/b9-5+/t15-/m1/s1. The van der Waals surface area contributed by atoms with Crippen LogP contribution in [-0.4, -0.2) is 43.1 Å². The van der Waals surface area contributed by atoms with Gasteiger partial charge in [0, 0.05) is 11.5 Å². The Hall–Kier alpha value is -3.22. The van der Waals surface area contributed by atoms with Gasteiger partial charge in [0.2, 0.25) is 0 Å². The van der Waals surface area contributed by atoms with Gasteiger partial charge >= 0.3 is 11.9 Å². The van der Waals surface area contributed by atoms with Crippen molar-refractivity contribution in [3.63, 3.8) is 0 Å². The minimum absolute atomic E-state index is 0.0844. The smallest absolute Gasteiger partial charge is 0.330 e. The van der Waals surface area contributed by atoms with Gasteiger partial charge in [-0.3, -0.25) is 4.79 Å². The summed E-state index contributed by atoms with van der Waals surface area (Å²) in [5.41, 5.74) is 0.861. The predicted octanol–water partition coefficient (Wildman–Crippen LogP) is 1.63. The number of esters is 2. The van der Waals surface area contributed by atoms with Crippen molar-refractivity contribution in [2.24, 2.45) is 0 Å². The van der Waals surface area contributed by atoms with E-state index < -0.39 is 23.9 Å². The lowest BCUT2D eigenvalue weighted by molar-refractivity contribution is -0.143. The number of benzene rings is 1. The van der Waals surface area contributed by atoms with Crippen molar-refractivity contribution in [1.29, 1.82) is 0 Å². The fourth-order valence-corrected chi connectivity index (χ4v) is 2.15. The Labute approximate surface area is 144 Å². The monoisotopic (exact) mass is 342 g/mol. The van der Waals surface area contributed by atoms with Crippen molar-refractivity contribution in [3.05, 3.63) is 54.2 Å². The number of fused-ring (bicyclic) bond motifs is 1. The maximum Gasteiger partial charge on any atom is 0.330 e. The summed E-state index contributed by atoms with van der Waals surface area (Å²) < 4.78 is 9.15. The first-order valence-corrected chi connectivity index (χ1v) is 7.54. The van der Waals surface area contributed by atoms with Gasteiger partial charge in [-0.05, 0) is 18.6 Å². The highest BCUT2D eigenvalue weighted by molar-refractivity contribution is 5.97. The van der Waals surface area contributed by atoms with Gasteiger partial charge in [-0.15, -0.1) is 0 Å². The van der Waals surface area contributed by atoms with Crippen LogP contribution in [0.1, 0.15) is 16.9 Å². The molecule has 25 heavy (non-hydrogen) atoms. The molecule has 0 aliphatic carbocycles. The highest BCUT2D eigenvalue weighted by Gasteiger charge is 2.21. The number of pyridine rings is 1. The molecule has 1 aromatic carbocycles. The minimum atomic E-state index is -0.938. The molecule has 0 spiro atoms. The van der Waals surface area contributed by atoms with E-state index in [2.05, 4.69) is 19.8 Å². The summed E-state index contributed by atoms with van der Waals surface area (Å²) >= 11 is 0. The summed E-state index contributed by atoms with van der Waals surface area (Å²) in [6.45, 7) is 0. The van der Waals surface area contributed by atoms with Crippen LogP contribution in [0.4, 0.5) is 0 Å². The molecule has 2 aromatic rings. The van der Waals surface area contributed by atoms with Crippen molar-refractivity contribution in [2.75, 3.05) is 14.2 Å². The molecule has 0 bridgehead atoms. The van der Waals surface area contributed by atoms with E-state index in [-0.39, 0.29) is 12.1 Å². The number of hydrogen-bond donors (Lipinski definition) is 1. The molecule has 0 aliphatic heterocycles. The Balaban J connectivity index is 2.12. The Morgan fingerprint density at radius 2 is 1.88 bits per heavy atom. The molecule has 2 rings (SSSR count).